The number of hydrogen-bond acceptors (Lipinski definition) is 6. The van der Waals surface area contributed by atoms with Crippen molar-refractivity contribution in [2.24, 2.45) is 0 Å². The van der Waals surface area contributed by atoms with E-state index in [9.17, 15) is 18.0 Å². The number of Topliss-reactive ketones (excluding diaryl/α,β-unsaturated/α-hetero) is 1. The standard InChI is InChI=1S/C24H28N2O6S/c1-6-15-8-7-9-17-18(13-25-22(15)17)19(27)14-32-23(28)16-10-11-20(31-5)21(12-16)33(29,30)26-24(2,3)4/h7-13,25-26H,6,14H2,1-5H3. The number of fused-ring (bicyclic) bond motifs is 1. The predicted molar refractivity (Wildman–Crippen MR) is 125 cm³/mol. The van der Waals surface area contributed by atoms with Gasteiger partial charge in [-0.15, -0.1) is 0 Å². The minimum atomic E-state index is -3.97. The Bertz CT molecular complexity index is 1300. The predicted octanol–water partition coefficient (Wildman–Crippen LogP) is 3.86. The van der Waals surface area contributed by atoms with Gasteiger partial charge in [0.15, 0.2) is 6.61 Å². The Kier molecular flexibility index (Phi) is 6.94. The van der Waals surface area contributed by atoms with Crippen LogP contribution in [0.4, 0.5) is 0 Å². The van der Waals surface area contributed by atoms with Gasteiger partial charge >= 0.3 is 5.97 Å². The number of methoxy groups -OCH3 is 1. The van der Waals surface area contributed by atoms with Gasteiger partial charge in [-0.25, -0.2) is 17.9 Å². The summed E-state index contributed by atoms with van der Waals surface area (Å²) in [7, 11) is -2.63. The first kappa shape index (κ1) is 24.5. The van der Waals surface area contributed by atoms with Crippen LogP contribution < -0.4 is 9.46 Å². The summed E-state index contributed by atoms with van der Waals surface area (Å²) in [5.74, 6) is -1.09. The highest BCUT2D eigenvalue weighted by Gasteiger charge is 2.27. The second-order valence-corrected chi connectivity index (χ2v) is 10.3. The fraction of sp³-hybridized carbons (Fsp3) is 0.333. The molecular weight excluding hydrogens is 444 g/mol. The fourth-order valence-electron chi connectivity index (χ4n) is 3.51. The molecular formula is C24H28N2O6S. The summed E-state index contributed by atoms with van der Waals surface area (Å²) < 4.78 is 38.5. The van der Waals surface area contributed by atoms with Gasteiger partial charge in [0.2, 0.25) is 15.8 Å². The van der Waals surface area contributed by atoms with E-state index >= 15 is 0 Å². The summed E-state index contributed by atoms with van der Waals surface area (Å²) in [5.41, 5.74) is 1.65. The van der Waals surface area contributed by atoms with Crippen LogP contribution in [0.1, 0.15) is 54.0 Å². The number of hydrogen-bond donors (Lipinski definition) is 2. The van der Waals surface area contributed by atoms with Crippen molar-refractivity contribution in [3.05, 3.63) is 59.3 Å². The molecule has 176 valence electrons. The van der Waals surface area contributed by atoms with Crippen molar-refractivity contribution in [3.63, 3.8) is 0 Å². The lowest BCUT2D eigenvalue weighted by Crippen LogP contribution is -2.40. The SMILES string of the molecule is CCc1cccc2c(C(=O)COC(=O)c3ccc(OC)c(S(=O)(=O)NC(C)(C)C)c3)c[nH]c12. The van der Waals surface area contributed by atoms with E-state index in [0.717, 1.165) is 22.9 Å². The van der Waals surface area contributed by atoms with Gasteiger partial charge in [0.25, 0.3) is 0 Å². The molecule has 0 unspecified atom stereocenters. The number of ether oxygens (including phenoxy) is 2. The average Bonchev–Trinajstić information content (AvgIpc) is 3.19. The third-order valence-electron chi connectivity index (χ3n) is 4.95. The summed E-state index contributed by atoms with van der Waals surface area (Å²) in [6.07, 6.45) is 2.42. The molecule has 0 fully saturated rings. The molecule has 0 spiro atoms. The van der Waals surface area contributed by atoms with E-state index in [-0.39, 0.29) is 22.0 Å². The number of esters is 1. The molecule has 33 heavy (non-hydrogen) atoms. The molecule has 0 aliphatic rings. The van der Waals surface area contributed by atoms with E-state index in [1.165, 1.54) is 25.3 Å². The Morgan fingerprint density at radius 2 is 1.85 bits per heavy atom. The van der Waals surface area contributed by atoms with E-state index < -0.39 is 28.1 Å². The van der Waals surface area contributed by atoms with Crippen LogP contribution in [-0.4, -0.2) is 44.4 Å². The maximum Gasteiger partial charge on any atom is 0.338 e. The van der Waals surface area contributed by atoms with Crippen LogP contribution in [0.3, 0.4) is 0 Å². The number of rotatable bonds is 8. The Hall–Kier alpha value is -3.17. The Balaban J connectivity index is 1.80. The monoisotopic (exact) mass is 472 g/mol. The molecule has 0 amide bonds. The molecule has 0 bridgehead atoms. The molecule has 9 heteroatoms. The second-order valence-electron chi connectivity index (χ2n) is 8.62. The highest BCUT2D eigenvalue weighted by Crippen LogP contribution is 2.27. The number of para-hydroxylation sites is 1. The first-order valence-corrected chi connectivity index (χ1v) is 12.0. The number of carbonyl (C=O) groups excluding carboxylic acids is 2. The van der Waals surface area contributed by atoms with Crippen LogP contribution in [0.2, 0.25) is 0 Å². The Morgan fingerprint density at radius 1 is 1.12 bits per heavy atom. The van der Waals surface area contributed by atoms with Gasteiger partial charge in [-0.1, -0.05) is 25.1 Å². The van der Waals surface area contributed by atoms with Crippen molar-refractivity contribution in [3.8, 4) is 5.75 Å². The zero-order valence-corrected chi connectivity index (χ0v) is 20.1. The second kappa shape index (κ2) is 9.36. The van der Waals surface area contributed by atoms with Gasteiger partial charge < -0.3 is 14.5 Å². The van der Waals surface area contributed by atoms with Crippen molar-refractivity contribution in [2.75, 3.05) is 13.7 Å². The Labute approximate surface area is 193 Å². The number of aryl methyl sites for hydroxylation is 1. The van der Waals surface area contributed by atoms with Gasteiger partial charge in [-0.2, -0.15) is 0 Å². The molecule has 0 atom stereocenters. The molecule has 2 N–H and O–H groups in total. The molecule has 8 nitrogen and oxygen atoms in total. The number of nitrogens with one attached hydrogen (secondary N) is 2. The van der Waals surface area contributed by atoms with Crippen molar-refractivity contribution in [2.45, 2.75) is 44.6 Å². The first-order chi connectivity index (χ1) is 15.5. The molecule has 1 heterocycles. The zero-order chi connectivity index (χ0) is 24.4. The summed E-state index contributed by atoms with van der Waals surface area (Å²) in [6.45, 7) is 6.66. The van der Waals surface area contributed by atoms with Crippen molar-refractivity contribution >= 4 is 32.7 Å². The minimum absolute atomic E-state index is 0.00919. The van der Waals surface area contributed by atoms with Gasteiger partial charge in [-0.05, 0) is 51.0 Å². The number of aromatic amines is 1. The van der Waals surface area contributed by atoms with Crippen LogP contribution in [0.5, 0.6) is 5.75 Å². The maximum absolute atomic E-state index is 12.8. The third kappa shape index (κ3) is 5.43. The highest BCUT2D eigenvalue weighted by molar-refractivity contribution is 7.89. The van der Waals surface area contributed by atoms with E-state index in [4.69, 9.17) is 9.47 Å². The lowest BCUT2D eigenvalue weighted by atomic mass is 10.1. The number of ketones is 1. The van der Waals surface area contributed by atoms with Gasteiger partial charge in [-0.3, -0.25) is 4.79 Å². The molecule has 2 aromatic carbocycles. The number of benzene rings is 2. The fourth-order valence-corrected chi connectivity index (χ4v) is 5.12. The average molecular weight is 473 g/mol. The van der Waals surface area contributed by atoms with Crippen molar-refractivity contribution < 1.29 is 27.5 Å². The van der Waals surface area contributed by atoms with E-state index in [0.29, 0.717) is 5.56 Å². The molecule has 3 rings (SSSR count). The topological polar surface area (TPSA) is 115 Å². The highest BCUT2D eigenvalue weighted by atomic mass is 32.2. The van der Waals surface area contributed by atoms with Gasteiger partial charge in [0.05, 0.1) is 12.7 Å². The summed E-state index contributed by atoms with van der Waals surface area (Å²) in [5, 5.41) is 0.765. The third-order valence-corrected chi connectivity index (χ3v) is 6.73. The van der Waals surface area contributed by atoms with E-state index in [2.05, 4.69) is 9.71 Å². The normalized spacial score (nSPS) is 12.0. The Morgan fingerprint density at radius 3 is 2.48 bits per heavy atom. The van der Waals surface area contributed by atoms with Gasteiger partial charge in [0.1, 0.15) is 10.6 Å². The number of H-pyrrole nitrogens is 1. The summed E-state index contributed by atoms with van der Waals surface area (Å²) >= 11 is 0. The van der Waals surface area contributed by atoms with E-state index in [1.54, 1.807) is 27.0 Å². The van der Waals surface area contributed by atoms with Gasteiger partial charge in [0, 0.05) is 28.2 Å². The quantitative estimate of drug-likeness (QED) is 0.380. The number of aromatic nitrogens is 1. The zero-order valence-electron chi connectivity index (χ0n) is 19.3. The van der Waals surface area contributed by atoms with E-state index in [1.807, 2.05) is 25.1 Å². The van der Waals surface area contributed by atoms with Crippen LogP contribution in [0.15, 0.2) is 47.5 Å². The molecule has 0 saturated heterocycles. The molecule has 1 aromatic heterocycles. The molecule has 3 aromatic rings. The van der Waals surface area contributed by atoms with Crippen LogP contribution >= 0.6 is 0 Å². The first-order valence-electron chi connectivity index (χ1n) is 10.5. The smallest absolute Gasteiger partial charge is 0.338 e. The molecule has 0 saturated carbocycles. The molecule has 0 radical (unpaired) electrons. The minimum Gasteiger partial charge on any atom is -0.495 e. The molecule has 0 aliphatic heterocycles. The maximum atomic E-state index is 12.8. The van der Waals surface area contributed by atoms with Crippen LogP contribution in [-0.2, 0) is 21.2 Å². The van der Waals surface area contributed by atoms with Crippen LogP contribution in [0, 0.1) is 0 Å². The van der Waals surface area contributed by atoms with Crippen LogP contribution in [0.25, 0.3) is 10.9 Å². The number of carbonyl (C=O) groups is 2. The molecule has 0 aliphatic carbocycles. The van der Waals surface area contributed by atoms with Crippen molar-refractivity contribution in [1.29, 1.82) is 0 Å². The lowest BCUT2D eigenvalue weighted by Gasteiger charge is -2.21. The lowest BCUT2D eigenvalue weighted by molar-refractivity contribution is 0.0475. The number of sulfonamides is 1. The summed E-state index contributed by atoms with van der Waals surface area (Å²) in [6, 6.07) is 9.64. The largest absolute Gasteiger partial charge is 0.495 e. The summed E-state index contributed by atoms with van der Waals surface area (Å²) in [4.78, 5) is 28.2. The van der Waals surface area contributed by atoms with Crippen molar-refractivity contribution in [1.82, 2.24) is 9.71 Å².